The number of benzene rings is 2. The van der Waals surface area contributed by atoms with Crippen molar-refractivity contribution >= 4 is 17.6 Å². The van der Waals surface area contributed by atoms with Crippen LogP contribution in [0.2, 0.25) is 5.02 Å². The Labute approximate surface area is 115 Å². The fraction of sp³-hybridized carbons (Fsp3) is 0.0667. The van der Waals surface area contributed by atoms with Crippen LogP contribution in [-0.4, -0.2) is 11.1 Å². The maximum atomic E-state index is 11.3. The number of hydrogen-bond donors (Lipinski definition) is 1. The smallest absolute Gasteiger partial charge is 0.336 e. The summed E-state index contributed by atoms with van der Waals surface area (Å²) in [6, 6.07) is 12.1. The van der Waals surface area contributed by atoms with Crippen LogP contribution in [0.25, 0.3) is 11.1 Å². The number of halogens is 1. The molecule has 0 bridgehead atoms. The summed E-state index contributed by atoms with van der Waals surface area (Å²) >= 11 is 5.87. The molecule has 4 heteroatoms. The van der Waals surface area contributed by atoms with Gasteiger partial charge in [-0.1, -0.05) is 35.4 Å². The number of nitriles is 1. The van der Waals surface area contributed by atoms with E-state index in [2.05, 4.69) is 0 Å². The summed E-state index contributed by atoms with van der Waals surface area (Å²) < 4.78 is 0. The van der Waals surface area contributed by atoms with Gasteiger partial charge in [-0.15, -0.1) is 0 Å². The molecule has 0 fully saturated rings. The van der Waals surface area contributed by atoms with E-state index in [4.69, 9.17) is 16.9 Å². The second kappa shape index (κ2) is 5.13. The molecule has 0 unspecified atom stereocenters. The zero-order valence-electron chi connectivity index (χ0n) is 10.1. The number of carbonyl (C=O) groups is 1. The summed E-state index contributed by atoms with van der Waals surface area (Å²) in [6.45, 7) is 1.83. The first-order valence-electron chi connectivity index (χ1n) is 5.57. The average Bonchev–Trinajstić information content (AvgIpc) is 2.39. The molecule has 0 aliphatic heterocycles. The third-order valence-corrected chi connectivity index (χ3v) is 3.13. The molecular weight excluding hydrogens is 262 g/mol. The Balaban J connectivity index is 2.66. The molecule has 0 heterocycles. The van der Waals surface area contributed by atoms with Crippen molar-refractivity contribution < 1.29 is 9.90 Å². The molecule has 0 atom stereocenters. The lowest BCUT2D eigenvalue weighted by atomic mass is 9.96. The van der Waals surface area contributed by atoms with Gasteiger partial charge in [-0.05, 0) is 36.2 Å². The van der Waals surface area contributed by atoms with E-state index in [0.29, 0.717) is 21.7 Å². The Morgan fingerprint density at radius 1 is 1.26 bits per heavy atom. The SMILES string of the molecule is Cc1ccc(-c2ccc(Cl)c(C#N)c2)c(C(=O)O)c1. The normalized spacial score (nSPS) is 9.95. The van der Waals surface area contributed by atoms with Gasteiger partial charge in [0.2, 0.25) is 0 Å². The first-order chi connectivity index (χ1) is 9.02. The summed E-state index contributed by atoms with van der Waals surface area (Å²) in [5.74, 6) is -0.993. The summed E-state index contributed by atoms with van der Waals surface area (Å²) in [5.41, 5.74) is 2.66. The monoisotopic (exact) mass is 271 g/mol. The van der Waals surface area contributed by atoms with Crippen molar-refractivity contribution in [2.24, 2.45) is 0 Å². The third-order valence-electron chi connectivity index (χ3n) is 2.80. The van der Waals surface area contributed by atoms with E-state index in [1.807, 2.05) is 19.1 Å². The fourth-order valence-corrected chi connectivity index (χ4v) is 2.03. The second-order valence-electron chi connectivity index (χ2n) is 4.16. The Kier molecular flexibility index (Phi) is 3.55. The Hall–Kier alpha value is -2.31. The van der Waals surface area contributed by atoms with E-state index < -0.39 is 5.97 Å². The Morgan fingerprint density at radius 2 is 2.00 bits per heavy atom. The van der Waals surface area contributed by atoms with Crippen molar-refractivity contribution in [3.8, 4) is 17.2 Å². The molecule has 0 spiro atoms. The van der Waals surface area contributed by atoms with Crippen LogP contribution >= 0.6 is 11.6 Å². The highest BCUT2D eigenvalue weighted by atomic mass is 35.5. The van der Waals surface area contributed by atoms with Crippen LogP contribution in [0.4, 0.5) is 0 Å². The predicted octanol–water partition coefficient (Wildman–Crippen LogP) is 3.89. The average molecular weight is 272 g/mol. The van der Waals surface area contributed by atoms with Crippen LogP contribution < -0.4 is 0 Å². The standard InChI is InChI=1S/C15H10ClNO2/c1-9-2-4-12(13(6-9)15(18)19)10-3-5-14(16)11(7-10)8-17/h2-7H,1H3,(H,18,19). The number of carboxylic acid groups (broad SMARTS) is 1. The largest absolute Gasteiger partial charge is 0.478 e. The van der Waals surface area contributed by atoms with Crippen molar-refractivity contribution in [1.82, 2.24) is 0 Å². The fourth-order valence-electron chi connectivity index (χ4n) is 1.87. The number of rotatable bonds is 2. The summed E-state index contributed by atoms with van der Waals surface area (Å²) in [7, 11) is 0. The van der Waals surface area contributed by atoms with Crippen LogP contribution in [0.15, 0.2) is 36.4 Å². The quantitative estimate of drug-likeness (QED) is 0.901. The van der Waals surface area contributed by atoms with Gasteiger partial charge >= 0.3 is 5.97 Å². The van der Waals surface area contributed by atoms with Crippen molar-refractivity contribution in [3.63, 3.8) is 0 Å². The first-order valence-corrected chi connectivity index (χ1v) is 5.94. The van der Waals surface area contributed by atoms with Gasteiger partial charge in [0.25, 0.3) is 0 Å². The molecule has 0 amide bonds. The van der Waals surface area contributed by atoms with Crippen molar-refractivity contribution in [2.45, 2.75) is 6.92 Å². The highest BCUT2D eigenvalue weighted by Crippen LogP contribution is 2.28. The molecule has 3 nitrogen and oxygen atoms in total. The molecule has 0 saturated carbocycles. The minimum Gasteiger partial charge on any atom is -0.478 e. The molecule has 0 saturated heterocycles. The molecular formula is C15H10ClNO2. The Bertz CT molecular complexity index is 702. The van der Waals surface area contributed by atoms with Crippen molar-refractivity contribution in [3.05, 3.63) is 58.1 Å². The molecule has 0 aliphatic carbocycles. The van der Waals surface area contributed by atoms with Crippen LogP contribution in [0.5, 0.6) is 0 Å². The lowest BCUT2D eigenvalue weighted by molar-refractivity contribution is 0.0697. The van der Waals surface area contributed by atoms with Gasteiger partial charge in [-0.25, -0.2) is 4.79 Å². The zero-order chi connectivity index (χ0) is 14.0. The van der Waals surface area contributed by atoms with Gasteiger partial charge in [0.1, 0.15) is 6.07 Å². The predicted molar refractivity (Wildman–Crippen MR) is 73.3 cm³/mol. The van der Waals surface area contributed by atoms with E-state index in [0.717, 1.165) is 5.56 Å². The number of aromatic carboxylic acids is 1. The van der Waals surface area contributed by atoms with Crippen LogP contribution in [0.3, 0.4) is 0 Å². The van der Waals surface area contributed by atoms with Gasteiger partial charge in [0.15, 0.2) is 0 Å². The van der Waals surface area contributed by atoms with E-state index in [1.165, 1.54) is 0 Å². The van der Waals surface area contributed by atoms with E-state index >= 15 is 0 Å². The lowest BCUT2D eigenvalue weighted by Crippen LogP contribution is -2.00. The zero-order valence-corrected chi connectivity index (χ0v) is 10.9. The summed E-state index contributed by atoms with van der Waals surface area (Å²) in [5, 5.41) is 18.6. The number of aryl methyl sites for hydroxylation is 1. The van der Waals surface area contributed by atoms with Gasteiger partial charge in [-0.2, -0.15) is 5.26 Å². The number of nitrogens with zero attached hydrogens (tertiary/aromatic N) is 1. The van der Waals surface area contributed by atoms with Crippen molar-refractivity contribution in [2.75, 3.05) is 0 Å². The second-order valence-corrected chi connectivity index (χ2v) is 4.57. The van der Waals surface area contributed by atoms with E-state index in [9.17, 15) is 9.90 Å². The Morgan fingerprint density at radius 3 is 2.63 bits per heavy atom. The van der Waals surface area contributed by atoms with E-state index in [1.54, 1.807) is 30.3 Å². The highest BCUT2D eigenvalue weighted by molar-refractivity contribution is 6.31. The number of hydrogen-bond acceptors (Lipinski definition) is 2. The van der Waals surface area contributed by atoms with Crippen LogP contribution in [-0.2, 0) is 0 Å². The highest BCUT2D eigenvalue weighted by Gasteiger charge is 2.13. The minimum absolute atomic E-state index is 0.214. The topological polar surface area (TPSA) is 61.1 Å². The molecule has 0 aliphatic rings. The molecule has 2 aromatic carbocycles. The van der Waals surface area contributed by atoms with Crippen LogP contribution in [0, 0.1) is 18.3 Å². The molecule has 2 rings (SSSR count). The third kappa shape index (κ3) is 2.59. The van der Waals surface area contributed by atoms with Gasteiger partial charge in [0, 0.05) is 0 Å². The summed E-state index contributed by atoms with van der Waals surface area (Å²) in [4.78, 5) is 11.3. The molecule has 1 N–H and O–H groups in total. The van der Waals surface area contributed by atoms with Gasteiger partial charge in [-0.3, -0.25) is 0 Å². The molecule has 0 radical (unpaired) electrons. The maximum Gasteiger partial charge on any atom is 0.336 e. The van der Waals surface area contributed by atoms with E-state index in [-0.39, 0.29) is 5.56 Å². The van der Waals surface area contributed by atoms with Crippen molar-refractivity contribution in [1.29, 1.82) is 5.26 Å². The molecule has 2 aromatic rings. The molecule has 19 heavy (non-hydrogen) atoms. The first kappa shape index (κ1) is 13.1. The summed E-state index contributed by atoms with van der Waals surface area (Å²) in [6.07, 6.45) is 0. The number of carboxylic acids is 1. The minimum atomic E-state index is -0.993. The van der Waals surface area contributed by atoms with Gasteiger partial charge in [0.05, 0.1) is 16.1 Å². The lowest BCUT2D eigenvalue weighted by Gasteiger charge is -2.08. The molecule has 94 valence electrons. The maximum absolute atomic E-state index is 11.3. The molecule has 0 aromatic heterocycles. The van der Waals surface area contributed by atoms with Gasteiger partial charge < -0.3 is 5.11 Å². The van der Waals surface area contributed by atoms with Crippen LogP contribution in [0.1, 0.15) is 21.5 Å².